The van der Waals surface area contributed by atoms with Crippen LogP contribution < -0.4 is 5.32 Å². The third-order valence-corrected chi connectivity index (χ3v) is 4.98. The average molecular weight is 280 g/mol. The largest absolute Gasteiger partial charge is 0.339 e. The predicted octanol–water partition coefficient (Wildman–Crippen LogP) is -0.0216. The highest BCUT2D eigenvalue weighted by Gasteiger charge is 2.33. The Hall–Kier alpha value is -0.650. The molecule has 5 nitrogen and oxygen atoms in total. The van der Waals surface area contributed by atoms with Crippen LogP contribution in [-0.4, -0.2) is 85.6 Å². The summed E-state index contributed by atoms with van der Waals surface area (Å²) in [5.74, 6) is 0.380. The number of hydrogen-bond acceptors (Lipinski definition) is 4. The van der Waals surface area contributed by atoms with Crippen molar-refractivity contribution in [1.82, 2.24) is 20.0 Å². The molecule has 3 saturated heterocycles. The van der Waals surface area contributed by atoms with Crippen molar-refractivity contribution in [2.75, 3.05) is 58.9 Å². The maximum absolute atomic E-state index is 12.6. The summed E-state index contributed by atoms with van der Waals surface area (Å²) in [5, 5.41) is 3.32. The van der Waals surface area contributed by atoms with Crippen molar-refractivity contribution in [3.63, 3.8) is 0 Å². The second-order valence-corrected chi connectivity index (χ2v) is 6.32. The zero-order valence-electron chi connectivity index (χ0n) is 12.5. The Labute approximate surface area is 122 Å². The molecule has 0 aliphatic carbocycles. The van der Waals surface area contributed by atoms with Crippen LogP contribution in [0.15, 0.2) is 0 Å². The van der Waals surface area contributed by atoms with E-state index in [2.05, 4.69) is 20.0 Å². The van der Waals surface area contributed by atoms with Crippen LogP contribution in [0.25, 0.3) is 0 Å². The molecule has 20 heavy (non-hydrogen) atoms. The van der Waals surface area contributed by atoms with E-state index in [1.165, 1.54) is 32.4 Å². The number of likely N-dealkylation sites (tertiary alicyclic amines) is 2. The smallest absolute Gasteiger partial charge is 0.240 e. The number of rotatable bonds is 4. The molecule has 0 aromatic rings. The molecule has 3 aliphatic rings. The number of carbonyl (C=O) groups excluding carboxylic acids is 1. The van der Waals surface area contributed by atoms with Crippen LogP contribution in [-0.2, 0) is 4.79 Å². The molecule has 3 heterocycles. The standard InChI is InChI=1S/C15H28N4O/c20-15(19-10-5-16-6-11-19)14-4-3-9-18(14)13-12-17-7-1-2-8-17/h14,16H,1-13H2. The summed E-state index contributed by atoms with van der Waals surface area (Å²) in [4.78, 5) is 19.7. The van der Waals surface area contributed by atoms with Crippen LogP contribution in [0, 0.1) is 0 Å². The minimum absolute atomic E-state index is 0.163. The lowest BCUT2D eigenvalue weighted by atomic mass is 10.1. The Morgan fingerprint density at radius 2 is 1.70 bits per heavy atom. The number of piperazine rings is 1. The van der Waals surface area contributed by atoms with Gasteiger partial charge in [-0.1, -0.05) is 0 Å². The Morgan fingerprint density at radius 3 is 2.45 bits per heavy atom. The van der Waals surface area contributed by atoms with E-state index >= 15 is 0 Å². The second kappa shape index (κ2) is 6.87. The van der Waals surface area contributed by atoms with Gasteiger partial charge in [0.25, 0.3) is 0 Å². The maximum atomic E-state index is 12.6. The number of nitrogens with one attached hydrogen (secondary N) is 1. The van der Waals surface area contributed by atoms with Gasteiger partial charge in [0.05, 0.1) is 6.04 Å². The average Bonchev–Trinajstić information content (AvgIpc) is 3.16. The van der Waals surface area contributed by atoms with E-state index in [4.69, 9.17) is 0 Å². The van der Waals surface area contributed by atoms with Crippen molar-refractivity contribution in [1.29, 1.82) is 0 Å². The fourth-order valence-corrected chi connectivity index (χ4v) is 3.75. The Balaban J connectivity index is 1.50. The summed E-state index contributed by atoms with van der Waals surface area (Å²) in [7, 11) is 0. The second-order valence-electron chi connectivity index (χ2n) is 6.32. The van der Waals surface area contributed by atoms with Crippen molar-refractivity contribution in [2.24, 2.45) is 0 Å². The number of nitrogens with zero attached hydrogens (tertiary/aromatic N) is 3. The van der Waals surface area contributed by atoms with Crippen LogP contribution in [0.5, 0.6) is 0 Å². The van der Waals surface area contributed by atoms with Crippen LogP contribution in [0.1, 0.15) is 25.7 Å². The van der Waals surface area contributed by atoms with Crippen LogP contribution in [0.4, 0.5) is 0 Å². The molecule has 1 amide bonds. The van der Waals surface area contributed by atoms with E-state index in [-0.39, 0.29) is 6.04 Å². The van der Waals surface area contributed by atoms with E-state index in [1.54, 1.807) is 0 Å². The van der Waals surface area contributed by atoms with Crippen molar-refractivity contribution in [3.05, 3.63) is 0 Å². The molecule has 0 bridgehead atoms. The maximum Gasteiger partial charge on any atom is 0.240 e. The van der Waals surface area contributed by atoms with Gasteiger partial charge in [0.2, 0.25) is 5.91 Å². The summed E-state index contributed by atoms with van der Waals surface area (Å²) in [6.07, 6.45) is 4.94. The predicted molar refractivity (Wildman–Crippen MR) is 79.7 cm³/mol. The van der Waals surface area contributed by atoms with Gasteiger partial charge in [-0.15, -0.1) is 0 Å². The molecule has 3 rings (SSSR count). The number of hydrogen-bond donors (Lipinski definition) is 1. The highest BCUT2D eigenvalue weighted by Crippen LogP contribution is 2.20. The van der Waals surface area contributed by atoms with E-state index in [0.29, 0.717) is 5.91 Å². The van der Waals surface area contributed by atoms with Gasteiger partial charge in [-0.3, -0.25) is 9.69 Å². The van der Waals surface area contributed by atoms with Gasteiger partial charge in [0.15, 0.2) is 0 Å². The van der Waals surface area contributed by atoms with Crippen molar-refractivity contribution in [2.45, 2.75) is 31.7 Å². The molecule has 3 aliphatic heterocycles. The molecule has 0 saturated carbocycles. The normalized spacial score (nSPS) is 29.2. The molecule has 0 spiro atoms. The van der Waals surface area contributed by atoms with Gasteiger partial charge in [-0.2, -0.15) is 0 Å². The van der Waals surface area contributed by atoms with Crippen molar-refractivity contribution in [3.8, 4) is 0 Å². The minimum atomic E-state index is 0.163. The fourth-order valence-electron chi connectivity index (χ4n) is 3.75. The van der Waals surface area contributed by atoms with Crippen LogP contribution in [0.3, 0.4) is 0 Å². The summed E-state index contributed by atoms with van der Waals surface area (Å²) < 4.78 is 0. The highest BCUT2D eigenvalue weighted by molar-refractivity contribution is 5.82. The molecular weight excluding hydrogens is 252 g/mol. The molecule has 3 fully saturated rings. The van der Waals surface area contributed by atoms with Gasteiger partial charge < -0.3 is 15.1 Å². The van der Waals surface area contributed by atoms with Gasteiger partial charge in [-0.05, 0) is 45.3 Å². The summed E-state index contributed by atoms with van der Waals surface area (Å²) in [6.45, 7) is 9.50. The molecule has 1 atom stereocenters. The Kier molecular flexibility index (Phi) is 4.91. The van der Waals surface area contributed by atoms with Gasteiger partial charge in [-0.25, -0.2) is 0 Å². The minimum Gasteiger partial charge on any atom is -0.339 e. The lowest BCUT2D eigenvalue weighted by molar-refractivity contribution is -0.136. The highest BCUT2D eigenvalue weighted by atomic mass is 16.2. The molecular formula is C15H28N4O. The van der Waals surface area contributed by atoms with Crippen LogP contribution >= 0.6 is 0 Å². The quantitative estimate of drug-likeness (QED) is 0.785. The van der Waals surface area contributed by atoms with E-state index in [9.17, 15) is 4.79 Å². The fraction of sp³-hybridized carbons (Fsp3) is 0.933. The first-order valence-electron chi connectivity index (χ1n) is 8.30. The molecule has 0 aromatic carbocycles. The lowest BCUT2D eigenvalue weighted by Crippen LogP contribution is -2.53. The third-order valence-electron chi connectivity index (χ3n) is 4.98. The Morgan fingerprint density at radius 1 is 0.950 bits per heavy atom. The van der Waals surface area contributed by atoms with Crippen molar-refractivity contribution < 1.29 is 4.79 Å². The summed E-state index contributed by atoms with van der Waals surface area (Å²) in [5.41, 5.74) is 0. The number of amides is 1. The van der Waals surface area contributed by atoms with Gasteiger partial charge in [0, 0.05) is 39.3 Å². The van der Waals surface area contributed by atoms with E-state index < -0.39 is 0 Å². The molecule has 114 valence electrons. The zero-order valence-corrected chi connectivity index (χ0v) is 12.5. The first-order chi connectivity index (χ1) is 9.84. The molecule has 1 unspecified atom stereocenters. The SMILES string of the molecule is O=C(C1CCCN1CCN1CCCC1)N1CCNCC1. The third kappa shape index (κ3) is 3.32. The first kappa shape index (κ1) is 14.3. The summed E-state index contributed by atoms with van der Waals surface area (Å²) in [6, 6.07) is 0.163. The summed E-state index contributed by atoms with van der Waals surface area (Å²) >= 11 is 0. The molecule has 5 heteroatoms. The Bertz CT molecular complexity index is 324. The molecule has 0 radical (unpaired) electrons. The van der Waals surface area contributed by atoms with Gasteiger partial charge >= 0.3 is 0 Å². The first-order valence-corrected chi connectivity index (χ1v) is 8.30. The molecule has 0 aromatic heterocycles. The van der Waals surface area contributed by atoms with Crippen molar-refractivity contribution >= 4 is 5.91 Å². The number of carbonyl (C=O) groups is 1. The van der Waals surface area contributed by atoms with E-state index in [1.807, 2.05) is 0 Å². The zero-order chi connectivity index (χ0) is 13.8. The van der Waals surface area contributed by atoms with Gasteiger partial charge in [0.1, 0.15) is 0 Å². The monoisotopic (exact) mass is 280 g/mol. The van der Waals surface area contributed by atoms with E-state index in [0.717, 1.165) is 52.2 Å². The lowest BCUT2D eigenvalue weighted by Gasteiger charge is -2.33. The van der Waals surface area contributed by atoms with Crippen LogP contribution in [0.2, 0.25) is 0 Å². The molecule has 1 N–H and O–H groups in total. The topological polar surface area (TPSA) is 38.8 Å².